The second kappa shape index (κ2) is 12.2. The van der Waals surface area contributed by atoms with Gasteiger partial charge in [-0.15, -0.1) is 13.2 Å². The number of hydrogen-bond donors (Lipinski definition) is 2. The highest BCUT2D eigenvalue weighted by Crippen LogP contribution is 2.41. The van der Waals surface area contributed by atoms with E-state index in [1.807, 2.05) is 6.92 Å². The molecule has 14 heteroatoms. The Kier molecular flexibility index (Phi) is 8.81. The lowest BCUT2D eigenvalue weighted by atomic mass is 9.95. The fourth-order valence-corrected chi connectivity index (χ4v) is 6.05. The molecule has 47 heavy (non-hydrogen) atoms. The molecule has 248 valence electrons. The number of aliphatic hydroxyl groups excluding tert-OH is 2. The van der Waals surface area contributed by atoms with Crippen molar-refractivity contribution in [3.8, 4) is 45.1 Å². The molecule has 0 aliphatic rings. The van der Waals surface area contributed by atoms with Crippen molar-refractivity contribution in [2.24, 2.45) is 0 Å². The molecular formula is C33H31F4N3O6S. The molecule has 0 radical (unpaired) electrons. The quantitative estimate of drug-likeness (QED) is 0.166. The van der Waals surface area contributed by atoms with E-state index in [2.05, 4.69) is 9.72 Å². The first-order valence-electron chi connectivity index (χ1n) is 14.2. The van der Waals surface area contributed by atoms with Crippen LogP contribution < -0.4 is 4.74 Å². The number of ether oxygens (including phenoxy) is 1. The number of aromatic nitrogens is 3. The van der Waals surface area contributed by atoms with E-state index in [0.717, 1.165) is 24.5 Å². The van der Waals surface area contributed by atoms with Crippen LogP contribution in [0, 0.1) is 19.7 Å². The highest BCUT2D eigenvalue weighted by atomic mass is 32.2. The Morgan fingerprint density at radius 3 is 2.15 bits per heavy atom. The lowest BCUT2D eigenvalue weighted by Gasteiger charge is -2.16. The smallest absolute Gasteiger partial charge is 0.439 e. The molecule has 0 fully saturated rings. The number of imidazole rings is 1. The molecule has 0 bridgehead atoms. The number of aliphatic hydroxyl groups is 2. The number of benzene rings is 3. The second-order valence-electron chi connectivity index (χ2n) is 11.7. The van der Waals surface area contributed by atoms with Crippen molar-refractivity contribution in [2.45, 2.75) is 51.0 Å². The molecule has 2 heterocycles. The normalized spacial score (nSPS) is 12.5. The summed E-state index contributed by atoms with van der Waals surface area (Å²) in [5.41, 5.74) is 1.52. The van der Waals surface area contributed by atoms with E-state index in [1.165, 1.54) is 18.2 Å². The van der Waals surface area contributed by atoms with Crippen LogP contribution in [-0.2, 0) is 21.9 Å². The van der Waals surface area contributed by atoms with Crippen LogP contribution in [0.3, 0.4) is 0 Å². The minimum atomic E-state index is -4.89. The average Bonchev–Trinajstić information content (AvgIpc) is 3.59. The van der Waals surface area contributed by atoms with Crippen molar-refractivity contribution in [1.29, 1.82) is 0 Å². The van der Waals surface area contributed by atoms with Crippen molar-refractivity contribution in [3.05, 3.63) is 89.6 Å². The molecule has 0 unspecified atom stereocenters. The first-order valence-corrected chi connectivity index (χ1v) is 16.1. The molecule has 9 nitrogen and oxygen atoms in total. The SMILES string of the molecule is Cc1cn(-c2ccc(-c3cc(F)c(CO)c(S(C)(=O)=O)c3)cc2-c2nc(C(C)(C)CO)oc2-c2ccc(OC(F)(F)F)cc2)c(C)n1. The summed E-state index contributed by atoms with van der Waals surface area (Å²) in [6.07, 6.45) is -2.19. The van der Waals surface area contributed by atoms with E-state index >= 15 is 4.39 Å². The van der Waals surface area contributed by atoms with E-state index in [9.17, 15) is 31.8 Å². The Balaban J connectivity index is 1.80. The summed E-state index contributed by atoms with van der Waals surface area (Å²) in [4.78, 5) is 8.89. The highest BCUT2D eigenvalue weighted by Gasteiger charge is 2.32. The van der Waals surface area contributed by atoms with E-state index in [0.29, 0.717) is 33.9 Å². The standard InChI is InChI=1S/C33H31F4N3O6S/c1-18-15-40(19(2)38-18)27-11-8-21(22-13-26(34)25(16-41)28(14-22)47(5,43)44)12-24(27)29-30(45-31(39-29)32(3,4)17-42)20-6-9-23(10-7-20)46-33(35,36)37/h6-15,41-42H,16-17H2,1-5H3. The number of alkyl halides is 3. The molecule has 0 spiro atoms. The summed E-state index contributed by atoms with van der Waals surface area (Å²) in [5, 5.41) is 19.8. The molecular weight excluding hydrogens is 642 g/mol. The van der Waals surface area contributed by atoms with Gasteiger partial charge in [0.05, 0.1) is 34.9 Å². The molecule has 0 aliphatic carbocycles. The van der Waals surface area contributed by atoms with Gasteiger partial charge in [0.15, 0.2) is 15.6 Å². The predicted molar refractivity (Wildman–Crippen MR) is 165 cm³/mol. The Morgan fingerprint density at radius 2 is 1.60 bits per heavy atom. The monoisotopic (exact) mass is 673 g/mol. The molecule has 0 saturated carbocycles. The number of oxazole rings is 1. The average molecular weight is 674 g/mol. The number of halogens is 4. The predicted octanol–water partition coefficient (Wildman–Crippen LogP) is 6.68. The van der Waals surface area contributed by atoms with Gasteiger partial charge < -0.3 is 23.9 Å². The van der Waals surface area contributed by atoms with Gasteiger partial charge >= 0.3 is 6.36 Å². The van der Waals surface area contributed by atoms with Crippen LogP contribution in [-0.4, -0.2) is 52.4 Å². The number of aryl methyl sites for hydroxylation is 2. The van der Waals surface area contributed by atoms with E-state index in [1.54, 1.807) is 49.7 Å². The fraction of sp³-hybridized carbons (Fsp3) is 0.273. The van der Waals surface area contributed by atoms with Gasteiger partial charge in [0.2, 0.25) is 5.89 Å². The van der Waals surface area contributed by atoms with Crippen LogP contribution in [0.1, 0.15) is 36.8 Å². The molecule has 0 amide bonds. The van der Waals surface area contributed by atoms with Gasteiger partial charge in [0.1, 0.15) is 23.1 Å². The summed E-state index contributed by atoms with van der Waals surface area (Å²) in [6, 6.07) is 12.4. The molecule has 5 aromatic rings. The Morgan fingerprint density at radius 1 is 0.936 bits per heavy atom. The minimum absolute atomic E-state index is 0.133. The summed E-state index contributed by atoms with van der Waals surface area (Å²) >= 11 is 0. The van der Waals surface area contributed by atoms with Gasteiger partial charge in [-0.25, -0.2) is 22.8 Å². The van der Waals surface area contributed by atoms with Crippen molar-refractivity contribution in [2.75, 3.05) is 12.9 Å². The highest BCUT2D eigenvalue weighted by molar-refractivity contribution is 7.90. The lowest BCUT2D eigenvalue weighted by molar-refractivity contribution is -0.274. The molecule has 0 saturated heterocycles. The van der Waals surface area contributed by atoms with Gasteiger partial charge in [0.25, 0.3) is 0 Å². The van der Waals surface area contributed by atoms with E-state index < -0.39 is 39.8 Å². The number of nitrogens with zero attached hydrogens (tertiary/aromatic N) is 3. The maximum Gasteiger partial charge on any atom is 0.573 e. The third-order valence-electron chi connectivity index (χ3n) is 7.51. The van der Waals surface area contributed by atoms with Crippen molar-refractivity contribution < 1.29 is 45.3 Å². The van der Waals surface area contributed by atoms with Crippen molar-refractivity contribution in [1.82, 2.24) is 14.5 Å². The van der Waals surface area contributed by atoms with Crippen LogP contribution in [0.25, 0.3) is 39.4 Å². The van der Waals surface area contributed by atoms with Crippen LogP contribution >= 0.6 is 0 Å². The number of hydrogen-bond acceptors (Lipinski definition) is 8. The molecule has 2 N–H and O–H groups in total. The summed E-state index contributed by atoms with van der Waals surface area (Å²) in [5.74, 6) is -0.448. The van der Waals surface area contributed by atoms with Gasteiger partial charge in [-0.05, 0) is 87.4 Å². The van der Waals surface area contributed by atoms with Crippen molar-refractivity contribution in [3.63, 3.8) is 0 Å². The number of rotatable bonds is 9. The maximum atomic E-state index is 15.2. The van der Waals surface area contributed by atoms with Gasteiger partial charge in [-0.2, -0.15) is 0 Å². The first-order chi connectivity index (χ1) is 21.9. The largest absolute Gasteiger partial charge is 0.573 e. The lowest BCUT2D eigenvalue weighted by Crippen LogP contribution is -2.22. The fourth-order valence-electron chi connectivity index (χ4n) is 5.10. The zero-order valence-corrected chi connectivity index (χ0v) is 26.8. The Bertz CT molecular complexity index is 2070. The summed E-state index contributed by atoms with van der Waals surface area (Å²) in [7, 11) is -3.93. The van der Waals surface area contributed by atoms with E-state index in [4.69, 9.17) is 9.40 Å². The topological polar surface area (TPSA) is 128 Å². The van der Waals surface area contributed by atoms with Gasteiger partial charge in [0, 0.05) is 29.1 Å². The third kappa shape index (κ3) is 6.94. The molecule has 0 atom stereocenters. The maximum absolute atomic E-state index is 15.2. The zero-order chi connectivity index (χ0) is 34.5. The van der Waals surface area contributed by atoms with Crippen LogP contribution in [0.5, 0.6) is 5.75 Å². The third-order valence-corrected chi connectivity index (χ3v) is 8.67. The zero-order valence-electron chi connectivity index (χ0n) is 26.0. The minimum Gasteiger partial charge on any atom is -0.439 e. The Labute approximate surface area is 268 Å². The van der Waals surface area contributed by atoms with Crippen LogP contribution in [0.15, 0.2) is 70.1 Å². The van der Waals surface area contributed by atoms with Crippen LogP contribution in [0.2, 0.25) is 0 Å². The second-order valence-corrected chi connectivity index (χ2v) is 13.7. The van der Waals surface area contributed by atoms with Crippen LogP contribution in [0.4, 0.5) is 17.6 Å². The molecule has 5 rings (SSSR count). The molecule has 0 aliphatic heterocycles. The first kappa shape index (κ1) is 33.8. The number of sulfone groups is 1. The molecule has 3 aromatic carbocycles. The summed E-state index contributed by atoms with van der Waals surface area (Å²) < 4.78 is 90.8. The Hall–Kier alpha value is -4.53. The molecule has 2 aromatic heterocycles. The van der Waals surface area contributed by atoms with Crippen molar-refractivity contribution >= 4 is 9.84 Å². The van der Waals surface area contributed by atoms with E-state index in [-0.39, 0.29) is 40.0 Å². The van der Waals surface area contributed by atoms with Gasteiger partial charge in [-0.1, -0.05) is 6.07 Å². The summed E-state index contributed by atoms with van der Waals surface area (Å²) in [6.45, 7) is 5.83. The van der Waals surface area contributed by atoms with Gasteiger partial charge in [-0.3, -0.25) is 0 Å².